The number of hydrogen-bond acceptors (Lipinski definition) is 4. The lowest BCUT2D eigenvalue weighted by molar-refractivity contribution is 0.561. The van der Waals surface area contributed by atoms with Gasteiger partial charge in [-0.2, -0.15) is 0 Å². The number of nitrogens with one attached hydrogen (secondary N) is 1. The highest BCUT2D eigenvalue weighted by atomic mass is 15.1. The number of pyridine rings is 2. The van der Waals surface area contributed by atoms with Gasteiger partial charge in [0.15, 0.2) is 0 Å². The molecule has 21 heavy (non-hydrogen) atoms. The topological polar surface area (TPSA) is 41.0 Å². The van der Waals surface area contributed by atoms with Gasteiger partial charge in [0.2, 0.25) is 0 Å². The Morgan fingerprint density at radius 1 is 1.14 bits per heavy atom. The summed E-state index contributed by atoms with van der Waals surface area (Å²) in [5.41, 5.74) is 3.31. The van der Waals surface area contributed by atoms with E-state index in [0.29, 0.717) is 6.04 Å². The molecule has 112 valence electrons. The van der Waals surface area contributed by atoms with Crippen molar-refractivity contribution in [3.63, 3.8) is 0 Å². The molecule has 0 aliphatic rings. The Morgan fingerprint density at radius 3 is 2.52 bits per heavy atom. The third-order valence-electron chi connectivity index (χ3n) is 3.71. The first kappa shape index (κ1) is 15.4. The number of hydrogen-bond donors (Lipinski definition) is 1. The zero-order valence-electron chi connectivity index (χ0n) is 13.1. The van der Waals surface area contributed by atoms with Crippen molar-refractivity contribution >= 4 is 5.69 Å². The maximum absolute atomic E-state index is 4.61. The van der Waals surface area contributed by atoms with Crippen LogP contribution in [0.15, 0.2) is 42.7 Å². The molecule has 1 unspecified atom stereocenters. The summed E-state index contributed by atoms with van der Waals surface area (Å²) in [6.07, 6.45) is 4.83. The molecule has 0 saturated carbocycles. The van der Waals surface area contributed by atoms with Crippen molar-refractivity contribution in [2.24, 2.45) is 0 Å². The predicted molar refractivity (Wildman–Crippen MR) is 87.3 cm³/mol. The average Bonchev–Trinajstić information content (AvgIpc) is 2.55. The molecule has 0 radical (unpaired) electrons. The van der Waals surface area contributed by atoms with Crippen molar-refractivity contribution in [1.82, 2.24) is 15.3 Å². The Kier molecular flexibility index (Phi) is 5.69. The Morgan fingerprint density at radius 2 is 2.00 bits per heavy atom. The highest BCUT2D eigenvalue weighted by Gasteiger charge is 2.10. The third kappa shape index (κ3) is 4.02. The summed E-state index contributed by atoms with van der Waals surface area (Å²) in [5, 5.41) is 3.28. The zero-order chi connectivity index (χ0) is 15.1. The normalized spacial score (nSPS) is 12.1. The van der Waals surface area contributed by atoms with E-state index in [1.807, 2.05) is 31.6 Å². The minimum Gasteiger partial charge on any atom is -0.365 e. The molecular formula is C17H24N4. The molecule has 1 N–H and O–H groups in total. The second kappa shape index (κ2) is 7.74. The molecule has 0 aliphatic heterocycles. The zero-order valence-corrected chi connectivity index (χ0v) is 13.1. The summed E-state index contributed by atoms with van der Waals surface area (Å²) in [5.74, 6) is 0. The SMILES string of the molecule is CCC(NC)c1ccc(N(CC)Cc2ccccn2)cn1. The Bertz CT molecular complexity index is 520. The summed E-state index contributed by atoms with van der Waals surface area (Å²) in [7, 11) is 1.98. The molecule has 2 aromatic rings. The molecule has 4 heteroatoms. The van der Waals surface area contributed by atoms with Gasteiger partial charge in [0.05, 0.1) is 29.8 Å². The van der Waals surface area contributed by atoms with E-state index >= 15 is 0 Å². The van der Waals surface area contributed by atoms with Crippen LogP contribution >= 0.6 is 0 Å². The summed E-state index contributed by atoms with van der Waals surface area (Å²) in [4.78, 5) is 11.3. The first-order chi connectivity index (χ1) is 10.3. The lowest BCUT2D eigenvalue weighted by atomic mass is 10.1. The van der Waals surface area contributed by atoms with Gasteiger partial charge in [0.25, 0.3) is 0 Å². The fourth-order valence-electron chi connectivity index (χ4n) is 2.42. The largest absolute Gasteiger partial charge is 0.365 e. The van der Waals surface area contributed by atoms with E-state index in [9.17, 15) is 0 Å². The minimum absolute atomic E-state index is 0.324. The van der Waals surface area contributed by atoms with Crippen LogP contribution in [0.3, 0.4) is 0 Å². The van der Waals surface area contributed by atoms with E-state index in [4.69, 9.17) is 0 Å². The molecule has 0 bridgehead atoms. The Balaban J connectivity index is 2.12. The molecule has 2 rings (SSSR count). The van der Waals surface area contributed by atoms with Crippen molar-refractivity contribution in [2.45, 2.75) is 32.9 Å². The van der Waals surface area contributed by atoms with Crippen molar-refractivity contribution in [1.29, 1.82) is 0 Å². The van der Waals surface area contributed by atoms with Gasteiger partial charge in [0.1, 0.15) is 0 Å². The Hall–Kier alpha value is -1.94. The van der Waals surface area contributed by atoms with Crippen molar-refractivity contribution in [3.05, 3.63) is 54.1 Å². The first-order valence-corrected chi connectivity index (χ1v) is 7.56. The van der Waals surface area contributed by atoms with Crippen LogP contribution in [-0.4, -0.2) is 23.6 Å². The molecule has 0 aromatic carbocycles. The van der Waals surface area contributed by atoms with Crippen molar-refractivity contribution < 1.29 is 0 Å². The molecule has 0 saturated heterocycles. The van der Waals surface area contributed by atoms with E-state index in [1.165, 1.54) is 0 Å². The molecule has 0 spiro atoms. The van der Waals surface area contributed by atoms with Crippen LogP contribution in [-0.2, 0) is 6.54 Å². The van der Waals surface area contributed by atoms with E-state index in [0.717, 1.165) is 36.6 Å². The van der Waals surface area contributed by atoms with Gasteiger partial charge >= 0.3 is 0 Å². The van der Waals surface area contributed by atoms with Crippen LogP contribution in [0.4, 0.5) is 5.69 Å². The first-order valence-electron chi connectivity index (χ1n) is 7.56. The predicted octanol–water partition coefficient (Wildman–Crippen LogP) is 3.17. The molecular weight excluding hydrogens is 260 g/mol. The standard InChI is InChI=1S/C17H24N4/c1-4-16(18-3)17-10-9-15(12-20-17)21(5-2)13-14-8-6-7-11-19-14/h6-12,16,18H,4-5,13H2,1-3H3. The average molecular weight is 284 g/mol. The molecule has 0 amide bonds. The van der Waals surface area contributed by atoms with E-state index in [-0.39, 0.29) is 0 Å². The fourth-order valence-corrected chi connectivity index (χ4v) is 2.42. The van der Waals surface area contributed by atoms with Crippen LogP contribution in [0.1, 0.15) is 37.7 Å². The molecule has 0 aliphatic carbocycles. The van der Waals surface area contributed by atoms with Gasteiger partial charge in [-0.25, -0.2) is 0 Å². The lowest BCUT2D eigenvalue weighted by Crippen LogP contribution is -2.23. The lowest BCUT2D eigenvalue weighted by Gasteiger charge is -2.23. The van der Waals surface area contributed by atoms with Gasteiger partial charge in [0, 0.05) is 18.8 Å². The van der Waals surface area contributed by atoms with Crippen LogP contribution in [0.25, 0.3) is 0 Å². The van der Waals surface area contributed by atoms with Gasteiger partial charge in [-0.15, -0.1) is 0 Å². The molecule has 2 aromatic heterocycles. The highest BCUT2D eigenvalue weighted by Crippen LogP contribution is 2.19. The van der Waals surface area contributed by atoms with Crippen LogP contribution < -0.4 is 10.2 Å². The van der Waals surface area contributed by atoms with Gasteiger partial charge < -0.3 is 10.2 Å². The summed E-state index contributed by atoms with van der Waals surface area (Å²) in [6, 6.07) is 10.6. The van der Waals surface area contributed by atoms with Gasteiger partial charge in [-0.3, -0.25) is 9.97 Å². The molecule has 4 nitrogen and oxygen atoms in total. The van der Waals surface area contributed by atoms with Gasteiger partial charge in [-0.05, 0) is 44.7 Å². The highest BCUT2D eigenvalue weighted by molar-refractivity contribution is 5.45. The molecule has 2 heterocycles. The van der Waals surface area contributed by atoms with Crippen LogP contribution in [0.5, 0.6) is 0 Å². The molecule has 0 fully saturated rings. The minimum atomic E-state index is 0.324. The summed E-state index contributed by atoms with van der Waals surface area (Å²) >= 11 is 0. The molecule has 1 atom stereocenters. The number of anilines is 1. The van der Waals surface area contributed by atoms with E-state index in [2.05, 4.69) is 52.2 Å². The fraction of sp³-hybridized carbons (Fsp3) is 0.412. The van der Waals surface area contributed by atoms with Crippen molar-refractivity contribution in [3.8, 4) is 0 Å². The van der Waals surface area contributed by atoms with Crippen LogP contribution in [0, 0.1) is 0 Å². The summed E-state index contributed by atoms with van der Waals surface area (Å²) < 4.78 is 0. The third-order valence-corrected chi connectivity index (χ3v) is 3.71. The maximum Gasteiger partial charge on any atom is 0.0602 e. The van der Waals surface area contributed by atoms with E-state index in [1.54, 1.807) is 0 Å². The van der Waals surface area contributed by atoms with E-state index < -0.39 is 0 Å². The Labute approximate surface area is 127 Å². The quantitative estimate of drug-likeness (QED) is 0.848. The maximum atomic E-state index is 4.61. The number of nitrogens with zero attached hydrogens (tertiary/aromatic N) is 3. The monoisotopic (exact) mass is 284 g/mol. The van der Waals surface area contributed by atoms with Gasteiger partial charge in [-0.1, -0.05) is 13.0 Å². The smallest absolute Gasteiger partial charge is 0.0602 e. The van der Waals surface area contributed by atoms with Crippen LogP contribution in [0.2, 0.25) is 0 Å². The number of rotatable bonds is 7. The second-order valence-electron chi connectivity index (χ2n) is 5.03. The van der Waals surface area contributed by atoms with Crippen molar-refractivity contribution in [2.75, 3.05) is 18.5 Å². The summed E-state index contributed by atoms with van der Waals surface area (Å²) in [6.45, 7) is 6.05. The second-order valence-corrected chi connectivity index (χ2v) is 5.03. The number of aromatic nitrogens is 2.